The Labute approximate surface area is 107 Å². The molecular weight excluding hydrogens is 259 g/mol. The van der Waals surface area contributed by atoms with Crippen molar-refractivity contribution in [1.82, 2.24) is 0 Å². The third-order valence-corrected chi connectivity index (χ3v) is 2.69. The normalized spacial score (nSPS) is 9.56. The van der Waals surface area contributed by atoms with E-state index in [1.54, 1.807) is 0 Å². The van der Waals surface area contributed by atoms with Gasteiger partial charge in [0, 0.05) is 0 Å². The van der Waals surface area contributed by atoms with E-state index in [1.165, 1.54) is 12.1 Å². The molecule has 0 unspecified atom stereocenters. The Morgan fingerprint density at radius 3 is 2.78 bits per heavy atom. The van der Waals surface area contributed by atoms with Gasteiger partial charge in [0.05, 0.1) is 28.8 Å². The molecule has 0 aliphatic rings. The number of nitrogens with zero attached hydrogens (tertiary/aromatic N) is 1. The van der Waals surface area contributed by atoms with Gasteiger partial charge in [-0.05, 0) is 18.2 Å². The number of nitrogens with one attached hydrogen (secondary N) is 1. The summed E-state index contributed by atoms with van der Waals surface area (Å²) in [5.41, 5.74) is -0.271. The van der Waals surface area contributed by atoms with E-state index in [9.17, 15) is 14.0 Å². The molecule has 18 heavy (non-hydrogen) atoms. The van der Waals surface area contributed by atoms with Crippen molar-refractivity contribution in [3.8, 4) is 6.07 Å². The molecule has 0 radical (unpaired) electrons. The minimum Gasteiger partial charge on any atom is -0.478 e. The van der Waals surface area contributed by atoms with Crippen molar-refractivity contribution in [2.24, 2.45) is 0 Å². The summed E-state index contributed by atoms with van der Waals surface area (Å²) in [5, 5.41) is 19.2. The Bertz CT molecular complexity index is 514. The summed E-state index contributed by atoms with van der Waals surface area (Å²) in [5.74, 6) is -2.29. The van der Waals surface area contributed by atoms with Crippen LogP contribution in [0.3, 0.4) is 0 Å². The third-order valence-electron chi connectivity index (χ3n) is 1.89. The maximum absolute atomic E-state index is 13.4. The highest BCUT2D eigenvalue weighted by molar-refractivity contribution is 8.00. The van der Waals surface area contributed by atoms with Crippen molar-refractivity contribution in [3.05, 3.63) is 29.6 Å². The predicted molar refractivity (Wildman–Crippen MR) is 64.9 cm³/mol. The van der Waals surface area contributed by atoms with Crippen LogP contribution in [0.15, 0.2) is 18.2 Å². The van der Waals surface area contributed by atoms with E-state index in [0.29, 0.717) is 0 Å². The van der Waals surface area contributed by atoms with E-state index < -0.39 is 17.7 Å². The van der Waals surface area contributed by atoms with Gasteiger partial charge >= 0.3 is 5.97 Å². The van der Waals surface area contributed by atoms with Crippen LogP contribution in [0.1, 0.15) is 10.4 Å². The van der Waals surface area contributed by atoms with Crippen LogP contribution in [-0.2, 0) is 4.79 Å². The van der Waals surface area contributed by atoms with Crippen molar-refractivity contribution in [1.29, 1.82) is 5.26 Å². The van der Waals surface area contributed by atoms with Gasteiger partial charge in [0.25, 0.3) is 0 Å². The molecule has 0 fully saturated rings. The zero-order valence-corrected chi connectivity index (χ0v) is 9.96. The zero-order chi connectivity index (χ0) is 13.5. The number of hydrogen-bond donors (Lipinski definition) is 2. The van der Waals surface area contributed by atoms with E-state index in [2.05, 4.69) is 5.32 Å². The number of rotatable bonds is 5. The zero-order valence-electron chi connectivity index (χ0n) is 9.14. The molecule has 0 spiro atoms. The van der Waals surface area contributed by atoms with Gasteiger partial charge in [-0.3, -0.25) is 4.79 Å². The topological polar surface area (TPSA) is 90.2 Å². The van der Waals surface area contributed by atoms with Crippen LogP contribution < -0.4 is 5.32 Å². The Morgan fingerprint density at radius 2 is 2.22 bits per heavy atom. The first-order valence-corrected chi connectivity index (χ1v) is 5.97. The largest absolute Gasteiger partial charge is 0.478 e. The van der Waals surface area contributed by atoms with Crippen LogP contribution in [-0.4, -0.2) is 28.5 Å². The summed E-state index contributed by atoms with van der Waals surface area (Å²) in [6.07, 6.45) is 0. The molecule has 0 saturated heterocycles. The van der Waals surface area contributed by atoms with Crippen LogP contribution in [0, 0.1) is 17.1 Å². The number of carbonyl (C=O) groups excluding carboxylic acids is 1. The Balaban J connectivity index is 2.65. The molecule has 1 aromatic carbocycles. The molecule has 1 aromatic rings. The average Bonchev–Trinajstić information content (AvgIpc) is 2.32. The van der Waals surface area contributed by atoms with Crippen molar-refractivity contribution in [3.63, 3.8) is 0 Å². The lowest BCUT2D eigenvalue weighted by molar-refractivity contribution is -0.113. The number of aromatic carboxylic acids is 1. The van der Waals surface area contributed by atoms with Crippen LogP contribution in [0.25, 0.3) is 0 Å². The molecule has 0 atom stereocenters. The fraction of sp³-hybridized carbons (Fsp3) is 0.182. The second-order valence-electron chi connectivity index (χ2n) is 3.20. The number of halogens is 1. The number of benzene rings is 1. The van der Waals surface area contributed by atoms with Gasteiger partial charge in [0.15, 0.2) is 0 Å². The molecule has 5 nitrogen and oxygen atoms in total. The number of anilines is 1. The van der Waals surface area contributed by atoms with Gasteiger partial charge in [0.2, 0.25) is 5.91 Å². The Hall–Kier alpha value is -2.07. The summed E-state index contributed by atoms with van der Waals surface area (Å²) in [6.45, 7) is 0. The first-order valence-electron chi connectivity index (χ1n) is 4.82. The molecule has 2 N–H and O–H groups in total. The van der Waals surface area contributed by atoms with Gasteiger partial charge in [-0.2, -0.15) is 5.26 Å². The van der Waals surface area contributed by atoms with Crippen LogP contribution in [0.4, 0.5) is 10.1 Å². The summed E-state index contributed by atoms with van der Waals surface area (Å²) in [7, 11) is 0. The quantitative estimate of drug-likeness (QED) is 0.793. The molecule has 0 heterocycles. The summed E-state index contributed by atoms with van der Waals surface area (Å²) >= 11 is 1.10. The average molecular weight is 268 g/mol. The van der Waals surface area contributed by atoms with Crippen LogP contribution in [0.2, 0.25) is 0 Å². The van der Waals surface area contributed by atoms with Crippen molar-refractivity contribution in [2.45, 2.75) is 0 Å². The van der Waals surface area contributed by atoms with Gasteiger partial charge < -0.3 is 10.4 Å². The number of hydrogen-bond acceptors (Lipinski definition) is 4. The molecule has 94 valence electrons. The van der Waals surface area contributed by atoms with Crippen molar-refractivity contribution >= 4 is 29.3 Å². The lowest BCUT2D eigenvalue weighted by Gasteiger charge is -2.06. The second-order valence-corrected chi connectivity index (χ2v) is 4.18. The minimum atomic E-state index is -1.24. The number of amides is 1. The second kappa shape index (κ2) is 6.61. The molecule has 1 rings (SSSR count). The molecule has 7 heteroatoms. The van der Waals surface area contributed by atoms with E-state index in [0.717, 1.165) is 17.8 Å². The number of nitriles is 1. The van der Waals surface area contributed by atoms with E-state index in [1.807, 2.05) is 6.07 Å². The van der Waals surface area contributed by atoms with Gasteiger partial charge in [-0.15, -0.1) is 11.8 Å². The summed E-state index contributed by atoms with van der Waals surface area (Å²) in [4.78, 5) is 21.9. The highest BCUT2D eigenvalue weighted by atomic mass is 32.2. The Kier molecular flexibility index (Phi) is 5.14. The Morgan fingerprint density at radius 1 is 1.50 bits per heavy atom. The van der Waals surface area contributed by atoms with E-state index in [-0.39, 0.29) is 22.8 Å². The van der Waals surface area contributed by atoms with Gasteiger partial charge in [-0.1, -0.05) is 0 Å². The lowest BCUT2D eigenvalue weighted by atomic mass is 10.2. The highest BCUT2D eigenvalue weighted by Gasteiger charge is 2.10. The summed E-state index contributed by atoms with van der Waals surface area (Å²) < 4.78 is 13.4. The van der Waals surface area contributed by atoms with Crippen LogP contribution in [0.5, 0.6) is 0 Å². The SMILES string of the molecule is N#CCSCC(=O)Nc1ccc(C(=O)O)cc1F. The monoisotopic (exact) mass is 268 g/mol. The lowest BCUT2D eigenvalue weighted by Crippen LogP contribution is -2.15. The van der Waals surface area contributed by atoms with E-state index in [4.69, 9.17) is 10.4 Å². The molecule has 0 saturated carbocycles. The molecule has 1 amide bonds. The van der Waals surface area contributed by atoms with Crippen molar-refractivity contribution in [2.75, 3.05) is 16.8 Å². The highest BCUT2D eigenvalue weighted by Crippen LogP contribution is 2.16. The van der Waals surface area contributed by atoms with Crippen LogP contribution >= 0.6 is 11.8 Å². The minimum absolute atomic E-state index is 0.0354. The smallest absolute Gasteiger partial charge is 0.335 e. The van der Waals surface area contributed by atoms with Crippen molar-refractivity contribution < 1.29 is 19.1 Å². The molecular formula is C11H9FN2O3S. The fourth-order valence-corrected chi connectivity index (χ4v) is 1.58. The standard InChI is InChI=1S/C11H9FN2O3S/c12-8-5-7(11(16)17)1-2-9(8)14-10(15)6-18-4-3-13/h1-2,5H,4,6H2,(H,14,15)(H,16,17). The predicted octanol–water partition coefficient (Wildman–Crippen LogP) is 1.72. The molecule has 0 aliphatic heterocycles. The number of carboxylic acid groups (broad SMARTS) is 1. The number of thioether (sulfide) groups is 1. The molecule has 0 aliphatic carbocycles. The van der Waals surface area contributed by atoms with Gasteiger partial charge in [-0.25, -0.2) is 9.18 Å². The molecule has 0 aromatic heterocycles. The number of carboxylic acids is 1. The first kappa shape index (κ1) is 14.0. The third kappa shape index (κ3) is 4.07. The maximum atomic E-state index is 13.4. The molecule has 0 bridgehead atoms. The fourth-order valence-electron chi connectivity index (χ4n) is 1.13. The van der Waals surface area contributed by atoms with Gasteiger partial charge in [0.1, 0.15) is 5.82 Å². The summed E-state index contributed by atoms with van der Waals surface area (Å²) in [6, 6.07) is 5.08. The first-order chi connectivity index (χ1) is 8.54. The number of carbonyl (C=O) groups is 2. The van der Waals surface area contributed by atoms with E-state index >= 15 is 0 Å². The maximum Gasteiger partial charge on any atom is 0.335 e.